The summed E-state index contributed by atoms with van der Waals surface area (Å²) in [6.45, 7) is 3.16. The van der Waals surface area contributed by atoms with E-state index in [1.807, 2.05) is 6.07 Å². The summed E-state index contributed by atoms with van der Waals surface area (Å²) in [7, 11) is 0. The highest BCUT2D eigenvalue weighted by molar-refractivity contribution is 5.02. The molecule has 0 aromatic carbocycles. The fourth-order valence-electron chi connectivity index (χ4n) is 1.41. The van der Waals surface area contributed by atoms with Crippen molar-refractivity contribution < 1.29 is 5.11 Å². The highest BCUT2D eigenvalue weighted by Gasteiger charge is 2.34. The molecule has 1 radical (unpaired) electrons. The van der Waals surface area contributed by atoms with Gasteiger partial charge in [0.25, 0.3) is 0 Å². The van der Waals surface area contributed by atoms with Gasteiger partial charge in [0.15, 0.2) is 5.60 Å². The van der Waals surface area contributed by atoms with E-state index in [9.17, 15) is 5.11 Å². The molecular formula is C8H13N2O. The molecule has 1 fully saturated rings. The maximum absolute atomic E-state index is 11.4. The Labute approximate surface area is 67.0 Å². The summed E-state index contributed by atoms with van der Waals surface area (Å²) in [5, 5.41) is 23.1. The van der Waals surface area contributed by atoms with E-state index in [0.29, 0.717) is 6.54 Å². The Hall–Kier alpha value is -0.590. The van der Waals surface area contributed by atoms with E-state index in [-0.39, 0.29) is 5.92 Å². The Kier molecular flexibility index (Phi) is 2.48. The predicted octanol–water partition coefficient (Wildman–Crippen LogP) is 0.699. The van der Waals surface area contributed by atoms with Crippen LogP contribution in [0.4, 0.5) is 0 Å². The average Bonchev–Trinajstić information content (AvgIpc) is 2.06. The van der Waals surface area contributed by atoms with Crippen molar-refractivity contribution in [2.24, 2.45) is 5.92 Å². The SMILES string of the molecule is CC([O])(C#N)C1CCCNC1. The van der Waals surface area contributed by atoms with Gasteiger partial charge in [-0.1, -0.05) is 0 Å². The largest absolute Gasteiger partial charge is 0.316 e. The van der Waals surface area contributed by atoms with E-state index in [4.69, 9.17) is 5.26 Å². The normalized spacial score (nSPS) is 30.5. The first-order valence-corrected chi connectivity index (χ1v) is 3.99. The van der Waals surface area contributed by atoms with Crippen LogP contribution in [0.2, 0.25) is 0 Å². The second kappa shape index (κ2) is 3.21. The van der Waals surface area contributed by atoms with E-state index in [2.05, 4.69) is 5.32 Å². The zero-order chi connectivity index (χ0) is 8.32. The van der Waals surface area contributed by atoms with Gasteiger partial charge in [-0.05, 0) is 26.3 Å². The molecule has 61 valence electrons. The molecule has 1 aliphatic heterocycles. The molecule has 0 aliphatic carbocycles. The van der Waals surface area contributed by atoms with Crippen molar-refractivity contribution in [2.45, 2.75) is 25.4 Å². The van der Waals surface area contributed by atoms with Gasteiger partial charge in [0.1, 0.15) is 6.07 Å². The summed E-state index contributed by atoms with van der Waals surface area (Å²) in [4.78, 5) is 0. The van der Waals surface area contributed by atoms with Crippen LogP contribution in [0.3, 0.4) is 0 Å². The van der Waals surface area contributed by atoms with Crippen molar-refractivity contribution in [3.05, 3.63) is 0 Å². The van der Waals surface area contributed by atoms with Crippen molar-refractivity contribution in [1.29, 1.82) is 5.26 Å². The first-order chi connectivity index (χ1) is 5.17. The van der Waals surface area contributed by atoms with Crippen molar-refractivity contribution in [2.75, 3.05) is 13.1 Å². The molecule has 3 heteroatoms. The summed E-state index contributed by atoms with van der Waals surface area (Å²) in [6, 6.07) is 1.82. The quantitative estimate of drug-likeness (QED) is 0.602. The summed E-state index contributed by atoms with van der Waals surface area (Å²) in [5.41, 5.74) is -1.40. The lowest BCUT2D eigenvalue weighted by Gasteiger charge is -2.28. The van der Waals surface area contributed by atoms with Gasteiger partial charge >= 0.3 is 0 Å². The van der Waals surface area contributed by atoms with Crippen LogP contribution in [0.5, 0.6) is 0 Å². The minimum absolute atomic E-state index is 0.0127. The Morgan fingerprint density at radius 3 is 2.91 bits per heavy atom. The molecule has 0 spiro atoms. The number of nitrogens with zero attached hydrogens (tertiary/aromatic N) is 1. The number of rotatable bonds is 1. The fourth-order valence-corrected chi connectivity index (χ4v) is 1.41. The number of nitrogens with one attached hydrogen (secondary N) is 1. The molecule has 1 rings (SSSR count). The van der Waals surface area contributed by atoms with Crippen molar-refractivity contribution in [3.8, 4) is 6.07 Å². The van der Waals surface area contributed by atoms with Crippen LogP contribution in [0.1, 0.15) is 19.8 Å². The first-order valence-electron chi connectivity index (χ1n) is 3.99. The first kappa shape index (κ1) is 8.51. The summed E-state index contributed by atoms with van der Waals surface area (Å²) < 4.78 is 0. The number of hydrogen-bond acceptors (Lipinski definition) is 2. The van der Waals surface area contributed by atoms with Crippen molar-refractivity contribution >= 4 is 0 Å². The van der Waals surface area contributed by atoms with E-state index in [1.54, 1.807) is 0 Å². The highest BCUT2D eigenvalue weighted by atomic mass is 16.3. The number of hydrogen-bond donors (Lipinski definition) is 1. The molecule has 1 aliphatic rings. The van der Waals surface area contributed by atoms with E-state index < -0.39 is 5.60 Å². The monoisotopic (exact) mass is 153 g/mol. The van der Waals surface area contributed by atoms with E-state index >= 15 is 0 Å². The lowest BCUT2D eigenvalue weighted by Crippen LogP contribution is -2.42. The molecular weight excluding hydrogens is 140 g/mol. The molecule has 1 N–H and O–H groups in total. The van der Waals surface area contributed by atoms with Crippen LogP contribution < -0.4 is 5.32 Å². The van der Waals surface area contributed by atoms with E-state index in [1.165, 1.54) is 6.92 Å². The van der Waals surface area contributed by atoms with Crippen LogP contribution in [-0.4, -0.2) is 18.7 Å². The molecule has 2 atom stereocenters. The molecule has 3 nitrogen and oxygen atoms in total. The topological polar surface area (TPSA) is 55.7 Å². The Bertz CT molecular complexity index is 165. The molecule has 0 aromatic heterocycles. The van der Waals surface area contributed by atoms with Crippen LogP contribution >= 0.6 is 0 Å². The maximum atomic E-state index is 11.4. The lowest BCUT2D eigenvalue weighted by atomic mass is 9.85. The number of nitriles is 1. The molecule has 0 amide bonds. The lowest BCUT2D eigenvalue weighted by molar-refractivity contribution is -0.0217. The van der Waals surface area contributed by atoms with Crippen LogP contribution in [0.25, 0.3) is 0 Å². The van der Waals surface area contributed by atoms with Crippen LogP contribution in [0.15, 0.2) is 0 Å². The smallest absolute Gasteiger partial charge is 0.190 e. The van der Waals surface area contributed by atoms with E-state index in [0.717, 1.165) is 19.4 Å². The maximum Gasteiger partial charge on any atom is 0.190 e. The molecule has 2 unspecified atom stereocenters. The zero-order valence-corrected chi connectivity index (χ0v) is 6.76. The predicted molar refractivity (Wildman–Crippen MR) is 40.3 cm³/mol. The average molecular weight is 153 g/mol. The standard InChI is InChI=1S/C8H13N2O/c1-8(11,6-9)7-3-2-4-10-5-7/h7,10H,2-5H2,1H3. The molecule has 1 heterocycles. The minimum atomic E-state index is -1.40. The minimum Gasteiger partial charge on any atom is -0.316 e. The fraction of sp³-hybridized carbons (Fsp3) is 0.875. The summed E-state index contributed by atoms with van der Waals surface area (Å²) in [5.74, 6) is -0.0127. The molecule has 0 saturated carbocycles. The van der Waals surface area contributed by atoms with Crippen molar-refractivity contribution in [1.82, 2.24) is 5.32 Å². The zero-order valence-electron chi connectivity index (χ0n) is 6.76. The van der Waals surface area contributed by atoms with Gasteiger partial charge in [-0.2, -0.15) is 5.26 Å². The Balaban J connectivity index is 2.52. The van der Waals surface area contributed by atoms with Gasteiger partial charge in [0.05, 0.1) is 0 Å². The van der Waals surface area contributed by atoms with Gasteiger partial charge in [0.2, 0.25) is 0 Å². The van der Waals surface area contributed by atoms with Gasteiger partial charge in [-0.25, -0.2) is 5.11 Å². The van der Waals surface area contributed by atoms with Crippen LogP contribution in [-0.2, 0) is 5.11 Å². The molecule has 11 heavy (non-hydrogen) atoms. The van der Waals surface area contributed by atoms with Crippen LogP contribution in [0, 0.1) is 17.2 Å². The third-order valence-corrected chi connectivity index (χ3v) is 2.30. The Morgan fingerprint density at radius 2 is 2.45 bits per heavy atom. The molecule has 0 bridgehead atoms. The van der Waals surface area contributed by atoms with Gasteiger partial charge in [0, 0.05) is 12.5 Å². The Morgan fingerprint density at radius 1 is 1.73 bits per heavy atom. The highest BCUT2D eigenvalue weighted by Crippen LogP contribution is 2.23. The summed E-state index contributed by atoms with van der Waals surface area (Å²) in [6.07, 6.45) is 1.91. The van der Waals surface area contributed by atoms with Crippen molar-refractivity contribution in [3.63, 3.8) is 0 Å². The molecule has 1 saturated heterocycles. The third kappa shape index (κ3) is 1.92. The second-order valence-corrected chi connectivity index (χ2v) is 3.26. The second-order valence-electron chi connectivity index (χ2n) is 3.26. The number of piperidine rings is 1. The molecule has 0 aromatic rings. The van der Waals surface area contributed by atoms with Gasteiger partial charge in [-0.3, -0.25) is 0 Å². The summed E-state index contributed by atoms with van der Waals surface area (Å²) >= 11 is 0. The van der Waals surface area contributed by atoms with Gasteiger partial charge < -0.3 is 5.32 Å². The van der Waals surface area contributed by atoms with Gasteiger partial charge in [-0.15, -0.1) is 0 Å². The third-order valence-electron chi connectivity index (χ3n) is 2.30.